The van der Waals surface area contributed by atoms with Gasteiger partial charge in [0.15, 0.2) is 6.10 Å². The van der Waals surface area contributed by atoms with E-state index in [2.05, 4.69) is 5.32 Å². The summed E-state index contributed by atoms with van der Waals surface area (Å²) in [7, 11) is 0. The monoisotopic (exact) mass is 313 g/mol. The Hall–Kier alpha value is -2.49. The first-order valence-corrected chi connectivity index (χ1v) is 7.77. The lowest BCUT2D eigenvalue weighted by molar-refractivity contribution is -0.122. The van der Waals surface area contributed by atoms with E-state index in [9.17, 15) is 4.79 Å². The van der Waals surface area contributed by atoms with E-state index in [0.29, 0.717) is 6.61 Å². The molecule has 0 bridgehead atoms. The van der Waals surface area contributed by atoms with E-state index in [1.54, 1.807) is 6.92 Å². The molecule has 0 unspecified atom stereocenters. The van der Waals surface area contributed by atoms with Crippen LogP contribution in [0.1, 0.15) is 25.0 Å². The van der Waals surface area contributed by atoms with Gasteiger partial charge in [-0.3, -0.25) is 4.79 Å². The van der Waals surface area contributed by atoms with E-state index in [1.165, 1.54) is 5.56 Å². The van der Waals surface area contributed by atoms with Gasteiger partial charge in [-0.25, -0.2) is 0 Å². The van der Waals surface area contributed by atoms with Crippen molar-refractivity contribution >= 4 is 11.6 Å². The minimum atomic E-state index is -0.581. The third-order valence-electron chi connectivity index (χ3n) is 3.44. The lowest BCUT2D eigenvalue weighted by Crippen LogP contribution is -2.30. The molecule has 1 N–H and O–H groups in total. The molecule has 0 aliphatic carbocycles. The van der Waals surface area contributed by atoms with Gasteiger partial charge in [-0.05, 0) is 63.6 Å². The van der Waals surface area contributed by atoms with Crippen LogP contribution in [0.25, 0.3) is 0 Å². The summed E-state index contributed by atoms with van der Waals surface area (Å²) in [5, 5.41) is 2.84. The predicted molar refractivity (Wildman–Crippen MR) is 92.2 cm³/mol. The van der Waals surface area contributed by atoms with Crippen LogP contribution in [-0.4, -0.2) is 18.6 Å². The molecule has 2 aromatic rings. The number of amides is 1. The Labute approximate surface area is 137 Å². The minimum Gasteiger partial charge on any atom is -0.494 e. The van der Waals surface area contributed by atoms with E-state index >= 15 is 0 Å². The van der Waals surface area contributed by atoms with Crippen molar-refractivity contribution in [3.8, 4) is 11.5 Å². The number of nitrogens with one attached hydrogen (secondary N) is 1. The number of hydrogen-bond acceptors (Lipinski definition) is 3. The van der Waals surface area contributed by atoms with Gasteiger partial charge in [0.25, 0.3) is 5.91 Å². The van der Waals surface area contributed by atoms with Gasteiger partial charge >= 0.3 is 0 Å². The highest BCUT2D eigenvalue weighted by molar-refractivity contribution is 5.94. The van der Waals surface area contributed by atoms with Crippen LogP contribution in [0.5, 0.6) is 11.5 Å². The van der Waals surface area contributed by atoms with Crippen molar-refractivity contribution in [2.75, 3.05) is 11.9 Å². The topological polar surface area (TPSA) is 47.6 Å². The molecular weight excluding hydrogens is 290 g/mol. The highest BCUT2D eigenvalue weighted by Gasteiger charge is 2.16. The Balaban J connectivity index is 1.96. The Morgan fingerprint density at radius 3 is 2.43 bits per heavy atom. The molecule has 2 rings (SSSR count). The van der Waals surface area contributed by atoms with Crippen LogP contribution in [0.4, 0.5) is 5.69 Å². The zero-order valence-corrected chi connectivity index (χ0v) is 14.1. The van der Waals surface area contributed by atoms with Crippen molar-refractivity contribution in [3.05, 3.63) is 53.6 Å². The Morgan fingerprint density at radius 2 is 1.83 bits per heavy atom. The second-order valence-electron chi connectivity index (χ2n) is 5.48. The molecule has 0 fully saturated rings. The van der Waals surface area contributed by atoms with Crippen LogP contribution < -0.4 is 14.8 Å². The van der Waals surface area contributed by atoms with Gasteiger partial charge in [-0.2, -0.15) is 0 Å². The summed E-state index contributed by atoms with van der Waals surface area (Å²) in [5.74, 6) is 1.32. The van der Waals surface area contributed by atoms with Crippen LogP contribution >= 0.6 is 0 Å². The highest BCUT2D eigenvalue weighted by Crippen LogP contribution is 2.21. The fourth-order valence-corrected chi connectivity index (χ4v) is 2.22. The second kappa shape index (κ2) is 7.68. The molecule has 0 saturated heterocycles. The normalized spacial score (nSPS) is 11.7. The quantitative estimate of drug-likeness (QED) is 0.873. The highest BCUT2D eigenvalue weighted by atomic mass is 16.5. The fraction of sp³-hybridized carbons (Fsp3) is 0.316. The summed E-state index contributed by atoms with van der Waals surface area (Å²) >= 11 is 0. The van der Waals surface area contributed by atoms with Gasteiger partial charge in [0, 0.05) is 5.69 Å². The van der Waals surface area contributed by atoms with E-state index < -0.39 is 6.10 Å². The van der Waals surface area contributed by atoms with Crippen LogP contribution in [0.2, 0.25) is 0 Å². The van der Waals surface area contributed by atoms with Crippen molar-refractivity contribution in [2.45, 2.75) is 33.8 Å². The second-order valence-corrected chi connectivity index (χ2v) is 5.48. The number of anilines is 1. The largest absolute Gasteiger partial charge is 0.494 e. The number of carbonyl (C=O) groups is 1. The molecule has 0 heterocycles. The number of aryl methyl sites for hydroxylation is 2. The first kappa shape index (κ1) is 16.9. The summed E-state index contributed by atoms with van der Waals surface area (Å²) in [6, 6.07) is 13.2. The average molecular weight is 313 g/mol. The van der Waals surface area contributed by atoms with Gasteiger partial charge < -0.3 is 14.8 Å². The van der Waals surface area contributed by atoms with E-state index in [-0.39, 0.29) is 5.91 Å². The molecule has 1 atom stereocenters. The summed E-state index contributed by atoms with van der Waals surface area (Å²) < 4.78 is 11.1. The molecule has 122 valence electrons. The molecule has 4 nitrogen and oxygen atoms in total. The first-order chi connectivity index (χ1) is 11.0. The maximum Gasteiger partial charge on any atom is 0.265 e. The van der Waals surface area contributed by atoms with Crippen molar-refractivity contribution in [2.24, 2.45) is 0 Å². The fourth-order valence-electron chi connectivity index (χ4n) is 2.22. The number of hydrogen-bond donors (Lipinski definition) is 1. The Kier molecular flexibility index (Phi) is 5.63. The molecule has 2 aromatic carbocycles. The molecule has 0 saturated carbocycles. The van der Waals surface area contributed by atoms with Crippen LogP contribution in [0.15, 0.2) is 42.5 Å². The van der Waals surface area contributed by atoms with Gasteiger partial charge in [0.05, 0.1) is 6.61 Å². The maximum atomic E-state index is 12.2. The zero-order chi connectivity index (χ0) is 16.8. The summed E-state index contributed by atoms with van der Waals surface area (Å²) in [4.78, 5) is 12.2. The zero-order valence-electron chi connectivity index (χ0n) is 14.1. The lowest BCUT2D eigenvalue weighted by atomic mass is 10.1. The van der Waals surface area contributed by atoms with Crippen molar-refractivity contribution < 1.29 is 14.3 Å². The predicted octanol–water partition coefficient (Wildman–Crippen LogP) is 4.11. The Morgan fingerprint density at radius 1 is 1.13 bits per heavy atom. The number of carbonyl (C=O) groups excluding carboxylic acids is 1. The van der Waals surface area contributed by atoms with E-state index in [4.69, 9.17) is 9.47 Å². The molecule has 0 radical (unpaired) electrons. The van der Waals surface area contributed by atoms with Crippen LogP contribution in [0.3, 0.4) is 0 Å². The molecule has 0 aliphatic heterocycles. The number of rotatable bonds is 6. The maximum absolute atomic E-state index is 12.2. The Bertz CT molecular complexity index is 665. The first-order valence-electron chi connectivity index (χ1n) is 7.77. The van der Waals surface area contributed by atoms with Crippen molar-refractivity contribution in [1.29, 1.82) is 0 Å². The summed E-state index contributed by atoms with van der Waals surface area (Å²) in [6.07, 6.45) is -0.581. The lowest BCUT2D eigenvalue weighted by Gasteiger charge is -2.16. The van der Waals surface area contributed by atoms with Crippen LogP contribution in [-0.2, 0) is 4.79 Å². The number of benzene rings is 2. The molecule has 0 spiro atoms. The molecule has 4 heteroatoms. The minimum absolute atomic E-state index is 0.186. The molecule has 1 amide bonds. The number of ether oxygens (including phenoxy) is 2. The standard InChI is InChI=1S/C19H23NO3/c1-5-22-17-9-7-16(8-10-17)20-19(21)15(4)23-18-11-6-13(2)12-14(18)3/h6-12,15H,5H2,1-4H3,(H,20,21)/t15-/m0/s1. The molecular formula is C19H23NO3. The van der Waals surface area contributed by atoms with E-state index in [0.717, 1.165) is 22.7 Å². The molecule has 23 heavy (non-hydrogen) atoms. The smallest absolute Gasteiger partial charge is 0.265 e. The summed E-state index contributed by atoms with van der Waals surface area (Å²) in [5.41, 5.74) is 2.90. The third-order valence-corrected chi connectivity index (χ3v) is 3.44. The SMILES string of the molecule is CCOc1ccc(NC(=O)[C@H](C)Oc2ccc(C)cc2C)cc1. The molecule has 0 aromatic heterocycles. The van der Waals surface area contributed by atoms with Gasteiger partial charge in [-0.15, -0.1) is 0 Å². The van der Waals surface area contributed by atoms with Crippen molar-refractivity contribution in [3.63, 3.8) is 0 Å². The third kappa shape index (κ3) is 4.74. The van der Waals surface area contributed by atoms with Gasteiger partial charge in [0.1, 0.15) is 11.5 Å². The summed E-state index contributed by atoms with van der Waals surface area (Å²) in [6.45, 7) is 8.29. The van der Waals surface area contributed by atoms with Gasteiger partial charge in [0.2, 0.25) is 0 Å². The average Bonchev–Trinajstić information content (AvgIpc) is 2.52. The van der Waals surface area contributed by atoms with Gasteiger partial charge in [-0.1, -0.05) is 17.7 Å². The molecule has 0 aliphatic rings. The van der Waals surface area contributed by atoms with Crippen molar-refractivity contribution in [1.82, 2.24) is 0 Å². The van der Waals surface area contributed by atoms with Crippen LogP contribution in [0, 0.1) is 13.8 Å². The van der Waals surface area contributed by atoms with E-state index in [1.807, 2.05) is 63.2 Å².